The molecule has 1 unspecified atom stereocenters. The first-order valence-electron chi connectivity index (χ1n) is 9.16. The van der Waals surface area contributed by atoms with Crippen LogP contribution in [0.15, 0.2) is 81.7 Å². The lowest BCUT2D eigenvalue weighted by Crippen LogP contribution is -2.19. The SMILES string of the molecule is N#Cc1ccc(C(=O)CC(C(=O)OCc2ccc(Br)cc2)c2ccc(Br)cc2)cc1. The molecule has 0 radical (unpaired) electrons. The highest BCUT2D eigenvalue weighted by molar-refractivity contribution is 9.10. The van der Waals surface area contributed by atoms with Gasteiger partial charge in [-0.25, -0.2) is 0 Å². The summed E-state index contributed by atoms with van der Waals surface area (Å²) < 4.78 is 7.35. The van der Waals surface area contributed by atoms with Crippen molar-refractivity contribution in [3.63, 3.8) is 0 Å². The standard InChI is InChI=1S/C24H17Br2NO3/c25-20-9-3-17(4-10-20)15-30-24(29)22(18-7-11-21(26)12-8-18)13-23(28)19-5-1-16(14-27)2-6-19/h1-12,22H,13,15H2. The number of nitrogens with zero attached hydrogens (tertiary/aromatic N) is 1. The Hall–Kier alpha value is -2.75. The number of ether oxygens (including phenoxy) is 1. The van der Waals surface area contributed by atoms with Gasteiger partial charge in [0, 0.05) is 20.9 Å². The quantitative estimate of drug-likeness (QED) is 0.272. The van der Waals surface area contributed by atoms with Gasteiger partial charge in [-0.1, -0.05) is 68.3 Å². The van der Waals surface area contributed by atoms with E-state index in [2.05, 4.69) is 31.9 Å². The molecular weight excluding hydrogens is 510 g/mol. The van der Waals surface area contributed by atoms with Gasteiger partial charge in [-0.3, -0.25) is 9.59 Å². The summed E-state index contributed by atoms with van der Waals surface area (Å²) in [6, 6.07) is 23.2. The Morgan fingerprint density at radius 1 is 0.867 bits per heavy atom. The number of hydrogen-bond donors (Lipinski definition) is 0. The van der Waals surface area contributed by atoms with Crippen LogP contribution in [0.25, 0.3) is 0 Å². The van der Waals surface area contributed by atoms with Crippen molar-refractivity contribution >= 4 is 43.6 Å². The molecule has 3 aromatic carbocycles. The van der Waals surface area contributed by atoms with Crippen molar-refractivity contribution < 1.29 is 14.3 Å². The maximum Gasteiger partial charge on any atom is 0.314 e. The molecule has 3 rings (SSSR count). The van der Waals surface area contributed by atoms with E-state index in [-0.39, 0.29) is 18.8 Å². The Balaban J connectivity index is 1.77. The number of rotatable bonds is 7. The van der Waals surface area contributed by atoms with Crippen LogP contribution in [-0.4, -0.2) is 11.8 Å². The molecule has 0 aliphatic heterocycles. The van der Waals surface area contributed by atoms with E-state index in [1.54, 1.807) is 24.3 Å². The van der Waals surface area contributed by atoms with Crippen LogP contribution in [0.1, 0.15) is 39.4 Å². The molecule has 6 heteroatoms. The number of nitriles is 1. The van der Waals surface area contributed by atoms with E-state index in [4.69, 9.17) is 10.00 Å². The molecule has 0 saturated heterocycles. The third kappa shape index (κ3) is 5.88. The predicted molar refractivity (Wildman–Crippen MR) is 121 cm³/mol. The summed E-state index contributed by atoms with van der Waals surface area (Å²) >= 11 is 6.76. The van der Waals surface area contributed by atoms with Crippen molar-refractivity contribution in [2.75, 3.05) is 0 Å². The van der Waals surface area contributed by atoms with Crippen LogP contribution in [0.4, 0.5) is 0 Å². The Kier molecular flexibility index (Phi) is 7.56. The lowest BCUT2D eigenvalue weighted by atomic mass is 9.91. The summed E-state index contributed by atoms with van der Waals surface area (Å²) in [6.45, 7) is 0.129. The molecule has 0 saturated carbocycles. The van der Waals surface area contributed by atoms with Crippen LogP contribution in [0.5, 0.6) is 0 Å². The van der Waals surface area contributed by atoms with Gasteiger partial charge in [-0.05, 0) is 47.5 Å². The maximum atomic E-state index is 12.9. The fraction of sp³-hybridized carbons (Fsp3) is 0.125. The van der Waals surface area contributed by atoms with E-state index in [0.717, 1.165) is 14.5 Å². The van der Waals surface area contributed by atoms with Crippen molar-refractivity contribution in [1.29, 1.82) is 5.26 Å². The van der Waals surface area contributed by atoms with Gasteiger partial charge in [0.2, 0.25) is 0 Å². The second-order valence-corrected chi connectivity index (χ2v) is 8.49. The normalized spacial score (nSPS) is 11.4. The molecule has 0 amide bonds. The van der Waals surface area contributed by atoms with Crippen molar-refractivity contribution in [3.05, 3.63) is 104 Å². The third-order valence-corrected chi connectivity index (χ3v) is 5.63. The smallest absolute Gasteiger partial charge is 0.314 e. The molecule has 30 heavy (non-hydrogen) atoms. The summed E-state index contributed by atoms with van der Waals surface area (Å²) in [6.07, 6.45) is -0.0211. The molecule has 3 aromatic rings. The molecule has 0 N–H and O–H groups in total. The highest BCUT2D eigenvalue weighted by Crippen LogP contribution is 2.26. The second-order valence-electron chi connectivity index (χ2n) is 6.65. The van der Waals surface area contributed by atoms with Gasteiger partial charge in [0.15, 0.2) is 5.78 Å². The van der Waals surface area contributed by atoms with Crippen LogP contribution in [-0.2, 0) is 16.1 Å². The second kappa shape index (κ2) is 10.3. The van der Waals surface area contributed by atoms with Crippen LogP contribution in [0.2, 0.25) is 0 Å². The summed E-state index contributed by atoms with van der Waals surface area (Å²) in [4.78, 5) is 25.7. The molecule has 4 nitrogen and oxygen atoms in total. The van der Waals surface area contributed by atoms with Crippen molar-refractivity contribution in [2.24, 2.45) is 0 Å². The van der Waals surface area contributed by atoms with E-state index < -0.39 is 11.9 Å². The lowest BCUT2D eigenvalue weighted by Gasteiger charge is -2.16. The molecule has 0 heterocycles. The molecule has 0 spiro atoms. The van der Waals surface area contributed by atoms with Gasteiger partial charge >= 0.3 is 5.97 Å². The minimum absolute atomic E-state index is 0.0211. The average molecular weight is 527 g/mol. The number of ketones is 1. The molecule has 0 aromatic heterocycles. The van der Waals surface area contributed by atoms with E-state index in [9.17, 15) is 9.59 Å². The number of Topliss-reactive ketones (excluding diaryl/α,β-unsaturated/α-hetero) is 1. The molecule has 1 atom stereocenters. The molecular formula is C24H17Br2NO3. The fourth-order valence-electron chi connectivity index (χ4n) is 2.90. The maximum absolute atomic E-state index is 12.9. The first kappa shape index (κ1) is 21.9. The molecule has 150 valence electrons. The first-order valence-corrected chi connectivity index (χ1v) is 10.7. The van der Waals surface area contributed by atoms with Crippen LogP contribution >= 0.6 is 31.9 Å². The van der Waals surface area contributed by atoms with E-state index in [0.29, 0.717) is 16.7 Å². The average Bonchev–Trinajstić information content (AvgIpc) is 2.77. The molecule has 0 fully saturated rings. The number of carbonyl (C=O) groups is 2. The zero-order valence-electron chi connectivity index (χ0n) is 15.8. The minimum atomic E-state index is -0.725. The first-order chi connectivity index (χ1) is 14.5. The third-order valence-electron chi connectivity index (χ3n) is 4.58. The van der Waals surface area contributed by atoms with Gasteiger partial charge in [-0.15, -0.1) is 0 Å². The van der Waals surface area contributed by atoms with Crippen LogP contribution in [0, 0.1) is 11.3 Å². The topological polar surface area (TPSA) is 67.2 Å². The summed E-state index contributed by atoms with van der Waals surface area (Å²) in [7, 11) is 0. The van der Waals surface area contributed by atoms with Crippen LogP contribution < -0.4 is 0 Å². The van der Waals surface area contributed by atoms with Gasteiger partial charge in [-0.2, -0.15) is 5.26 Å². The summed E-state index contributed by atoms with van der Waals surface area (Å²) in [5.41, 5.74) is 2.50. The summed E-state index contributed by atoms with van der Waals surface area (Å²) in [5, 5.41) is 8.92. The highest BCUT2D eigenvalue weighted by atomic mass is 79.9. The van der Waals surface area contributed by atoms with E-state index in [1.165, 1.54) is 0 Å². The Labute approximate surface area is 191 Å². The lowest BCUT2D eigenvalue weighted by molar-refractivity contribution is -0.146. The highest BCUT2D eigenvalue weighted by Gasteiger charge is 2.26. The molecule has 0 aliphatic carbocycles. The van der Waals surface area contributed by atoms with Crippen molar-refractivity contribution in [2.45, 2.75) is 18.9 Å². The number of esters is 1. The predicted octanol–water partition coefficient (Wildman–Crippen LogP) is 6.18. The zero-order valence-corrected chi connectivity index (χ0v) is 19.0. The Bertz CT molecular complexity index is 1070. The van der Waals surface area contributed by atoms with Gasteiger partial charge in [0.25, 0.3) is 0 Å². The summed E-state index contributed by atoms with van der Waals surface area (Å²) in [5.74, 6) is -1.37. The van der Waals surface area contributed by atoms with Crippen molar-refractivity contribution in [3.8, 4) is 6.07 Å². The van der Waals surface area contributed by atoms with Gasteiger partial charge in [0.05, 0.1) is 17.6 Å². The Morgan fingerprint density at radius 2 is 1.43 bits per heavy atom. The van der Waals surface area contributed by atoms with E-state index in [1.807, 2.05) is 54.6 Å². The van der Waals surface area contributed by atoms with E-state index >= 15 is 0 Å². The number of halogens is 2. The molecule has 0 aliphatic rings. The van der Waals surface area contributed by atoms with Gasteiger partial charge < -0.3 is 4.74 Å². The monoisotopic (exact) mass is 525 g/mol. The van der Waals surface area contributed by atoms with Gasteiger partial charge in [0.1, 0.15) is 6.61 Å². The number of hydrogen-bond acceptors (Lipinski definition) is 4. The number of benzene rings is 3. The molecule has 0 bridgehead atoms. The number of carbonyl (C=O) groups excluding carboxylic acids is 2. The van der Waals surface area contributed by atoms with Crippen LogP contribution in [0.3, 0.4) is 0 Å². The van der Waals surface area contributed by atoms with Crippen molar-refractivity contribution in [1.82, 2.24) is 0 Å². The Morgan fingerprint density at radius 3 is 2.00 bits per heavy atom. The fourth-order valence-corrected chi connectivity index (χ4v) is 3.43. The zero-order chi connectivity index (χ0) is 21.5. The largest absolute Gasteiger partial charge is 0.460 e. The minimum Gasteiger partial charge on any atom is -0.460 e.